The number of carbonyl (C=O) groups is 3. The van der Waals surface area contributed by atoms with Gasteiger partial charge in [0.1, 0.15) is 5.00 Å². The topological polar surface area (TPSA) is 122 Å². The Morgan fingerprint density at radius 3 is 2.47 bits per heavy atom. The van der Waals surface area contributed by atoms with E-state index in [1.54, 1.807) is 6.07 Å². The number of carbonyl (C=O) groups excluding carboxylic acids is 2. The maximum Gasteiger partial charge on any atom is 0.306 e. The minimum Gasteiger partial charge on any atom is -0.481 e. The Balaban J connectivity index is 1.65. The van der Waals surface area contributed by atoms with E-state index in [1.165, 1.54) is 11.3 Å². The molecule has 7 nitrogen and oxygen atoms in total. The maximum atomic E-state index is 12.8. The first-order valence-corrected chi connectivity index (χ1v) is 11.0. The maximum absolute atomic E-state index is 12.8. The van der Waals surface area contributed by atoms with E-state index < -0.39 is 5.97 Å². The Bertz CT molecular complexity index is 932. The molecule has 2 aromatic rings. The van der Waals surface area contributed by atoms with Gasteiger partial charge in [0, 0.05) is 23.0 Å². The molecule has 160 valence electrons. The Kier molecular flexibility index (Phi) is 7.10. The molecule has 0 aliphatic heterocycles. The molecule has 0 atom stereocenters. The molecular weight excluding hydrogens is 402 g/mol. The summed E-state index contributed by atoms with van der Waals surface area (Å²) in [5.74, 6) is -1.78. The number of nitrogens with two attached hydrogens (primary N) is 1. The van der Waals surface area contributed by atoms with Crippen molar-refractivity contribution in [1.29, 1.82) is 0 Å². The van der Waals surface area contributed by atoms with Gasteiger partial charge in [0.2, 0.25) is 5.91 Å². The minimum atomic E-state index is -0.793. The quantitative estimate of drug-likeness (QED) is 0.501. The Hall–Kier alpha value is -2.87. The molecular formula is C22H27N3O4S. The smallest absolute Gasteiger partial charge is 0.306 e. The summed E-state index contributed by atoms with van der Waals surface area (Å²) in [5, 5.41) is 15.5. The van der Waals surface area contributed by atoms with Crippen LogP contribution in [0.1, 0.15) is 53.4 Å². The number of carboxylic acids is 1. The Morgan fingerprint density at radius 2 is 1.83 bits per heavy atom. The van der Waals surface area contributed by atoms with Crippen LogP contribution in [0.2, 0.25) is 0 Å². The molecule has 0 saturated heterocycles. The van der Waals surface area contributed by atoms with E-state index >= 15 is 0 Å². The second kappa shape index (κ2) is 9.75. The Labute approximate surface area is 179 Å². The molecule has 1 saturated carbocycles. The molecule has 0 radical (unpaired) electrons. The van der Waals surface area contributed by atoms with Crippen molar-refractivity contribution in [2.75, 3.05) is 11.1 Å². The number of amides is 2. The van der Waals surface area contributed by atoms with E-state index in [-0.39, 0.29) is 23.7 Å². The van der Waals surface area contributed by atoms with Crippen LogP contribution in [0.3, 0.4) is 0 Å². The molecule has 1 aliphatic carbocycles. The van der Waals surface area contributed by atoms with Crippen molar-refractivity contribution < 1.29 is 19.5 Å². The van der Waals surface area contributed by atoms with Gasteiger partial charge in [-0.05, 0) is 55.9 Å². The van der Waals surface area contributed by atoms with Crippen LogP contribution in [0.15, 0.2) is 30.3 Å². The second-order valence-corrected chi connectivity index (χ2v) is 8.75. The van der Waals surface area contributed by atoms with Gasteiger partial charge in [-0.1, -0.05) is 19.1 Å². The summed E-state index contributed by atoms with van der Waals surface area (Å²) < 4.78 is 0. The van der Waals surface area contributed by atoms with Crippen molar-refractivity contribution in [2.24, 2.45) is 11.8 Å². The molecule has 1 aromatic heterocycles. The monoisotopic (exact) mass is 429 g/mol. The third kappa shape index (κ3) is 5.38. The van der Waals surface area contributed by atoms with Gasteiger partial charge < -0.3 is 21.5 Å². The minimum absolute atomic E-state index is 0.145. The van der Waals surface area contributed by atoms with Gasteiger partial charge in [-0.15, -0.1) is 11.3 Å². The van der Waals surface area contributed by atoms with Crippen molar-refractivity contribution in [1.82, 2.24) is 5.32 Å². The van der Waals surface area contributed by atoms with E-state index in [2.05, 4.69) is 10.6 Å². The number of hydrogen-bond acceptors (Lipinski definition) is 5. The third-order valence-corrected chi connectivity index (χ3v) is 6.66. The first kappa shape index (κ1) is 21.8. The second-order valence-electron chi connectivity index (χ2n) is 7.61. The average Bonchev–Trinajstić information content (AvgIpc) is 3.15. The fraction of sp³-hybridized carbons (Fsp3) is 0.409. The van der Waals surface area contributed by atoms with Crippen molar-refractivity contribution in [3.8, 4) is 0 Å². The van der Waals surface area contributed by atoms with E-state index in [9.17, 15) is 14.4 Å². The van der Waals surface area contributed by atoms with Crippen molar-refractivity contribution in [2.45, 2.75) is 45.6 Å². The zero-order chi connectivity index (χ0) is 21.7. The summed E-state index contributed by atoms with van der Waals surface area (Å²) in [6.07, 6.45) is 2.87. The predicted molar refractivity (Wildman–Crippen MR) is 117 cm³/mol. The third-order valence-electron chi connectivity index (χ3n) is 5.46. The summed E-state index contributed by atoms with van der Waals surface area (Å²) in [7, 11) is 0. The van der Waals surface area contributed by atoms with Crippen LogP contribution in [0.25, 0.3) is 0 Å². The van der Waals surface area contributed by atoms with Crippen LogP contribution in [0.5, 0.6) is 0 Å². The number of nitrogen functional groups attached to an aromatic ring is 1. The first-order chi connectivity index (χ1) is 14.4. The van der Waals surface area contributed by atoms with Gasteiger partial charge in [-0.25, -0.2) is 0 Å². The number of carboxylic acid groups (broad SMARTS) is 1. The molecule has 5 N–H and O–H groups in total. The fourth-order valence-electron chi connectivity index (χ4n) is 3.67. The standard InChI is InChI=1S/C22H27N3O4S/c1-2-17-11-18(20(27)24-12-13-4-3-5-16(23)10-13)21(30-17)25-19(26)14-6-8-15(9-7-14)22(28)29/h3-5,10-11,14-15H,2,6-9,12,23H2,1H3,(H,24,27)(H,25,26)(H,28,29). The molecule has 0 bridgehead atoms. The molecule has 1 heterocycles. The normalized spacial score (nSPS) is 18.6. The number of nitrogens with one attached hydrogen (secondary N) is 2. The highest BCUT2D eigenvalue weighted by Crippen LogP contribution is 2.33. The number of rotatable bonds is 7. The lowest BCUT2D eigenvalue weighted by Gasteiger charge is -2.25. The van der Waals surface area contributed by atoms with Crippen LogP contribution in [0, 0.1) is 11.8 Å². The van der Waals surface area contributed by atoms with Crippen LogP contribution in [-0.4, -0.2) is 22.9 Å². The summed E-state index contributed by atoms with van der Waals surface area (Å²) in [6, 6.07) is 9.13. The van der Waals surface area contributed by atoms with Gasteiger partial charge in [-0.3, -0.25) is 14.4 Å². The molecule has 8 heteroatoms. The van der Waals surface area contributed by atoms with E-state index in [0.717, 1.165) is 16.9 Å². The summed E-state index contributed by atoms with van der Waals surface area (Å²) >= 11 is 1.40. The Morgan fingerprint density at radius 1 is 1.13 bits per heavy atom. The van der Waals surface area contributed by atoms with Crippen LogP contribution in [-0.2, 0) is 22.6 Å². The predicted octanol–water partition coefficient (Wildman–Crippen LogP) is 3.65. The van der Waals surface area contributed by atoms with E-state index in [4.69, 9.17) is 10.8 Å². The van der Waals surface area contributed by atoms with E-state index in [1.807, 2.05) is 31.2 Å². The molecule has 0 unspecified atom stereocenters. The number of aliphatic carboxylic acids is 1. The molecule has 30 heavy (non-hydrogen) atoms. The first-order valence-electron chi connectivity index (χ1n) is 10.2. The zero-order valence-electron chi connectivity index (χ0n) is 16.9. The van der Waals surface area contributed by atoms with Crippen LogP contribution >= 0.6 is 11.3 Å². The van der Waals surface area contributed by atoms with Crippen LogP contribution < -0.4 is 16.4 Å². The summed E-state index contributed by atoms with van der Waals surface area (Å²) in [4.78, 5) is 37.6. The van der Waals surface area contributed by atoms with Gasteiger partial charge >= 0.3 is 5.97 Å². The number of aryl methyl sites for hydroxylation is 1. The van der Waals surface area contributed by atoms with Crippen LogP contribution in [0.4, 0.5) is 10.7 Å². The summed E-state index contributed by atoms with van der Waals surface area (Å²) in [6.45, 7) is 2.34. The lowest BCUT2D eigenvalue weighted by atomic mass is 9.81. The highest BCUT2D eigenvalue weighted by molar-refractivity contribution is 7.16. The highest BCUT2D eigenvalue weighted by Gasteiger charge is 2.30. The molecule has 0 spiro atoms. The van der Waals surface area contributed by atoms with E-state index in [0.29, 0.717) is 48.5 Å². The molecule has 1 aromatic carbocycles. The SMILES string of the molecule is CCc1cc(C(=O)NCc2cccc(N)c2)c(NC(=O)C2CCC(C(=O)O)CC2)s1. The van der Waals surface area contributed by atoms with Gasteiger partial charge in [0.25, 0.3) is 5.91 Å². The molecule has 1 fully saturated rings. The number of hydrogen-bond donors (Lipinski definition) is 4. The average molecular weight is 430 g/mol. The van der Waals surface area contributed by atoms with Crippen molar-refractivity contribution >= 4 is 39.8 Å². The number of thiophene rings is 1. The molecule has 1 aliphatic rings. The zero-order valence-corrected chi connectivity index (χ0v) is 17.8. The number of anilines is 2. The van der Waals surface area contributed by atoms with Crippen molar-refractivity contribution in [3.05, 3.63) is 46.3 Å². The van der Waals surface area contributed by atoms with Gasteiger partial charge in [0.15, 0.2) is 0 Å². The summed E-state index contributed by atoms with van der Waals surface area (Å²) in [5.41, 5.74) is 7.77. The highest BCUT2D eigenvalue weighted by atomic mass is 32.1. The fourth-order valence-corrected chi connectivity index (χ4v) is 4.67. The van der Waals surface area contributed by atoms with Crippen molar-refractivity contribution in [3.63, 3.8) is 0 Å². The lowest BCUT2D eigenvalue weighted by Crippen LogP contribution is -2.30. The lowest BCUT2D eigenvalue weighted by molar-refractivity contribution is -0.143. The van der Waals surface area contributed by atoms with Gasteiger partial charge in [0.05, 0.1) is 11.5 Å². The largest absolute Gasteiger partial charge is 0.481 e. The number of benzene rings is 1. The molecule has 3 rings (SSSR count). The van der Waals surface area contributed by atoms with Gasteiger partial charge in [-0.2, -0.15) is 0 Å². The molecule has 2 amide bonds.